The predicted octanol–water partition coefficient (Wildman–Crippen LogP) is 3.84. The first-order valence-corrected chi connectivity index (χ1v) is 9.52. The molecule has 0 unspecified atom stereocenters. The first-order chi connectivity index (χ1) is 13.7. The Morgan fingerprint density at radius 1 is 0.893 bits per heavy atom. The third-order valence-corrected chi connectivity index (χ3v) is 4.91. The summed E-state index contributed by atoms with van der Waals surface area (Å²) in [7, 11) is 0. The summed E-state index contributed by atoms with van der Waals surface area (Å²) in [4.78, 5) is 16.8. The number of para-hydroxylation sites is 1. The van der Waals surface area contributed by atoms with Crippen LogP contribution in [0.1, 0.15) is 10.5 Å². The SMILES string of the molecule is O=C(c1ccc(Nc2ccccc2)nn1)N1CCN(c2cccc(Cl)c2)CC1. The lowest BCUT2D eigenvalue weighted by atomic mass is 10.2. The van der Waals surface area contributed by atoms with Gasteiger partial charge in [0.25, 0.3) is 5.91 Å². The van der Waals surface area contributed by atoms with Crippen molar-refractivity contribution in [3.8, 4) is 0 Å². The number of anilines is 3. The van der Waals surface area contributed by atoms with E-state index in [0.29, 0.717) is 24.6 Å². The maximum atomic E-state index is 12.7. The van der Waals surface area contributed by atoms with Gasteiger partial charge in [-0.1, -0.05) is 35.9 Å². The maximum Gasteiger partial charge on any atom is 0.274 e. The topological polar surface area (TPSA) is 61.4 Å². The molecule has 4 rings (SSSR count). The second kappa shape index (κ2) is 8.27. The summed E-state index contributed by atoms with van der Waals surface area (Å²) < 4.78 is 0. The van der Waals surface area contributed by atoms with Crippen molar-refractivity contribution in [3.05, 3.63) is 77.4 Å². The minimum atomic E-state index is -0.0931. The molecule has 6 nitrogen and oxygen atoms in total. The quantitative estimate of drug-likeness (QED) is 0.729. The van der Waals surface area contributed by atoms with Crippen molar-refractivity contribution < 1.29 is 4.79 Å². The van der Waals surface area contributed by atoms with Crippen LogP contribution in [0.5, 0.6) is 0 Å². The molecule has 1 saturated heterocycles. The highest BCUT2D eigenvalue weighted by Gasteiger charge is 2.23. The van der Waals surface area contributed by atoms with Gasteiger partial charge in [-0.2, -0.15) is 0 Å². The first-order valence-electron chi connectivity index (χ1n) is 9.15. The van der Waals surface area contributed by atoms with Gasteiger partial charge in [-0.15, -0.1) is 10.2 Å². The lowest BCUT2D eigenvalue weighted by Gasteiger charge is -2.36. The molecule has 2 aromatic carbocycles. The molecular weight excluding hydrogens is 374 g/mol. The molecule has 1 aliphatic rings. The number of nitrogens with zero attached hydrogens (tertiary/aromatic N) is 4. The standard InChI is InChI=1S/C21H20ClN5O/c22-16-5-4-8-18(15-16)26-11-13-27(14-12-26)21(28)19-9-10-20(25-24-19)23-17-6-2-1-3-7-17/h1-10,15H,11-14H2,(H,23,25). The van der Waals surface area contributed by atoms with Gasteiger partial charge >= 0.3 is 0 Å². The van der Waals surface area contributed by atoms with Crippen LogP contribution in [0.4, 0.5) is 17.2 Å². The Balaban J connectivity index is 1.36. The fourth-order valence-corrected chi connectivity index (χ4v) is 3.37. The Bertz CT molecular complexity index is 941. The van der Waals surface area contributed by atoms with Crippen LogP contribution in [0.15, 0.2) is 66.7 Å². The molecule has 1 N–H and O–H groups in total. The number of benzene rings is 2. The van der Waals surface area contributed by atoms with Crippen LogP contribution >= 0.6 is 11.6 Å². The van der Waals surface area contributed by atoms with Crippen molar-refractivity contribution in [1.29, 1.82) is 0 Å². The lowest BCUT2D eigenvalue weighted by Crippen LogP contribution is -2.49. The summed E-state index contributed by atoms with van der Waals surface area (Å²) in [5.41, 5.74) is 2.36. The van der Waals surface area contributed by atoms with Crippen molar-refractivity contribution >= 4 is 34.7 Å². The van der Waals surface area contributed by atoms with Crippen LogP contribution in [0, 0.1) is 0 Å². The van der Waals surface area contributed by atoms with Gasteiger partial charge in [-0.25, -0.2) is 0 Å². The van der Waals surface area contributed by atoms with Crippen molar-refractivity contribution in [2.75, 3.05) is 36.4 Å². The number of hydrogen-bond acceptors (Lipinski definition) is 5. The molecule has 0 atom stereocenters. The second-order valence-electron chi connectivity index (χ2n) is 6.55. The fourth-order valence-electron chi connectivity index (χ4n) is 3.18. The van der Waals surface area contributed by atoms with E-state index in [2.05, 4.69) is 20.4 Å². The molecule has 28 heavy (non-hydrogen) atoms. The van der Waals surface area contributed by atoms with Crippen molar-refractivity contribution in [3.63, 3.8) is 0 Å². The second-order valence-corrected chi connectivity index (χ2v) is 6.99. The Hall–Kier alpha value is -3.12. The van der Waals surface area contributed by atoms with Crippen LogP contribution in [-0.2, 0) is 0 Å². The van der Waals surface area contributed by atoms with Crippen LogP contribution in [0.25, 0.3) is 0 Å². The van der Waals surface area contributed by atoms with E-state index >= 15 is 0 Å². The molecular formula is C21H20ClN5O. The largest absolute Gasteiger partial charge is 0.368 e. The molecule has 0 saturated carbocycles. The molecule has 3 aromatic rings. The molecule has 1 amide bonds. The number of rotatable bonds is 4. The minimum absolute atomic E-state index is 0.0931. The highest BCUT2D eigenvalue weighted by molar-refractivity contribution is 6.30. The van der Waals surface area contributed by atoms with Gasteiger partial charge in [0.2, 0.25) is 0 Å². The van der Waals surface area contributed by atoms with E-state index in [1.807, 2.05) is 59.5 Å². The zero-order valence-corrected chi connectivity index (χ0v) is 16.0. The Kier molecular flexibility index (Phi) is 5.39. The maximum absolute atomic E-state index is 12.7. The van der Waals surface area contributed by atoms with Gasteiger partial charge in [0.05, 0.1) is 0 Å². The Morgan fingerprint density at radius 2 is 1.68 bits per heavy atom. The van der Waals surface area contributed by atoms with Crippen LogP contribution in [0.3, 0.4) is 0 Å². The van der Waals surface area contributed by atoms with Gasteiger partial charge in [0.15, 0.2) is 11.5 Å². The van der Waals surface area contributed by atoms with Crippen LogP contribution in [0.2, 0.25) is 5.02 Å². The number of amides is 1. The van der Waals surface area contributed by atoms with Crippen molar-refractivity contribution in [2.45, 2.75) is 0 Å². The summed E-state index contributed by atoms with van der Waals surface area (Å²) in [5.74, 6) is 0.512. The van der Waals surface area contributed by atoms with E-state index in [9.17, 15) is 4.79 Å². The number of nitrogens with one attached hydrogen (secondary N) is 1. The number of hydrogen-bond donors (Lipinski definition) is 1. The summed E-state index contributed by atoms with van der Waals surface area (Å²) in [6.45, 7) is 2.79. The number of aromatic nitrogens is 2. The summed E-state index contributed by atoms with van der Waals surface area (Å²) in [5, 5.41) is 12.1. The number of piperazine rings is 1. The highest BCUT2D eigenvalue weighted by Crippen LogP contribution is 2.21. The molecule has 142 valence electrons. The molecule has 2 heterocycles. The molecule has 0 aliphatic carbocycles. The summed E-state index contributed by atoms with van der Waals surface area (Å²) >= 11 is 6.08. The zero-order chi connectivity index (χ0) is 19.3. The summed E-state index contributed by atoms with van der Waals surface area (Å²) in [6.07, 6.45) is 0. The third kappa shape index (κ3) is 4.23. The smallest absolute Gasteiger partial charge is 0.274 e. The third-order valence-electron chi connectivity index (χ3n) is 4.67. The highest BCUT2D eigenvalue weighted by atomic mass is 35.5. The molecule has 0 spiro atoms. The predicted molar refractivity (Wildman–Crippen MR) is 111 cm³/mol. The van der Waals surface area contributed by atoms with E-state index in [1.165, 1.54) is 0 Å². The average molecular weight is 394 g/mol. The molecule has 1 aliphatic heterocycles. The van der Waals surface area contributed by atoms with E-state index in [0.717, 1.165) is 29.5 Å². The van der Waals surface area contributed by atoms with E-state index in [4.69, 9.17) is 11.6 Å². The fraction of sp³-hybridized carbons (Fsp3) is 0.190. The molecule has 0 radical (unpaired) electrons. The average Bonchev–Trinajstić information content (AvgIpc) is 2.75. The van der Waals surface area contributed by atoms with E-state index in [-0.39, 0.29) is 5.91 Å². The first kappa shape index (κ1) is 18.3. The Morgan fingerprint density at radius 3 is 2.36 bits per heavy atom. The van der Waals surface area contributed by atoms with Gasteiger partial charge < -0.3 is 15.1 Å². The monoisotopic (exact) mass is 393 g/mol. The van der Waals surface area contributed by atoms with Crippen LogP contribution in [-0.4, -0.2) is 47.2 Å². The lowest BCUT2D eigenvalue weighted by molar-refractivity contribution is 0.0739. The zero-order valence-electron chi connectivity index (χ0n) is 15.3. The summed E-state index contributed by atoms with van der Waals surface area (Å²) in [6, 6.07) is 21.0. The molecule has 0 bridgehead atoms. The molecule has 1 fully saturated rings. The van der Waals surface area contributed by atoms with Crippen LogP contribution < -0.4 is 10.2 Å². The number of carbonyl (C=O) groups is 1. The molecule has 7 heteroatoms. The minimum Gasteiger partial charge on any atom is -0.368 e. The van der Waals surface area contributed by atoms with Gasteiger partial charge in [0, 0.05) is 42.6 Å². The van der Waals surface area contributed by atoms with Gasteiger partial charge in [-0.05, 0) is 42.5 Å². The van der Waals surface area contributed by atoms with E-state index < -0.39 is 0 Å². The number of halogens is 1. The van der Waals surface area contributed by atoms with Crippen molar-refractivity contribution in [2.24, 2.45) is 0 Å². The normalized spacial score (nSPS) is 14.0. The number of carbonyl (C=O) groups excluding carboxylic acids is 1. The molecule has 1 aromatic heterocycles. The van der Waals surface area contributed by atoms with E-state index in [1.54, 1.807) is 12.1 Å². The van der Waals surface area contributed by atoms with Gasteiger partial charge in [-0.3, -0.25) is 4.79 Å². The van der Waals surface area contributed by atoms with Gasteiger partial charge in [0.1, 0.15) is 0 Å². The Labute approximate surface area is 168 Å². The van der Waals surface area contributed by atoms with Crippen molar-refractivity contribution in [1.82, 2.24) is 15.1 Å².